The summed E-state index contributed by atoms with van der Waals surface area (Å²) in [4.78, 5) is 0. The van der Waals surface area contributed by atoms with Crippen LogP contribution in [0.5, 0.6) is 0 Å². The molecule has 0 bridgehead atoms. The van der Waals surface area contributed by atoms with Gasteiger partial charge in [0.15, 0.2) is 0 Å². The Bertz CT molecular complexity index is 407. The average molecular weight is 287 g/mol. The van der Waals surface area contributed by atoms with Crippen molar-refractivity contribution in [3.8, 4) is 0 Å². The number of rotatable bonds is 4. The molecule has 1 fully saturated rings. The highest BCUT2D eigenvalue weighted by Crippen LogP contribution is 2.34. The summed E-state index contributed by atoms with van der Waals surface area (Å²) in [7, 11) is 0. The monoisotopic (exact) mass is 287 g/mol. The smallest absolute Gasteiger partial charge is 0.0327 e. The first-order chi connectivity index (χ1) is 9.83. The maximum absolute atomic E-state index is 3.99. The van der Waals surface area contributed by atoms with Gasteiger partial charge in [-0.1, -0.05) is 65.0 Å². The van der Waals surface area contributed by atoms with Crippen molar-refractivity contribution < 1.29 is 0 Å². The van der Waals surface area contributed by atoms with Crippen LogP contribution in [0.4, 0.5) is 0 Å². The predicted octanol–water partition coefficient (Wildman–Crippen LogP) is 5.58. The second-order valence-corrected chi connectivity index (χ2v) is 8.51. The molecule has 0 amide bonds. The molecule has 1 aliphatic rings. The topological polar surface area (TPSA) is 12.0 Å². The van der Waals surface area contributed by atoms with Gasteiger partial charge in [-0.25, -0.2) is 0 Å². The molecule has 2 rings (SSSR count). The summed E-state index contributed by atoms with van der Waals surface area (Å²) in [6.45, 7) is 11.8. The standard InChI is InChI=1S/C20H33N/c1-15-11-16(2)13-18(12-15)21-19(14-20(3,4)5)17-9-7-6-8-10-17/h6-10,15-16,18-19,21H,11-14H2,1-5H3. The van der Waals surface area contributed by atoms with E-state index in [2.05, 4.69) is 70.3 Å². The van der Waals surface area contributed by atoms with Gasteiger partial charge in [-0.2, -0.15) is 0 Å². The maximum atomic E-state index is 3.99. The fourth-order valence-electron chi connectivity index (χ4n) is 3.94. The van der Waals surface area contributed by atoms with Gasteiger partial charge in [0.25, 0.3) is 0 Å². The molecule has 1 nitrogen and oxygen atoms in total. The van der Waals surface area contributed by atoms with Gasteiger partial charge >= 0.3 is 0 Å². The summed E-state index contributed by atoms with van der Waals surface area (Å²) < 4.78 is 0. The van der Waals surface area contributed by atoms with E-state index in [1.165, 1.54) is 31.2 Å². The van der Waals surface area contributed by atoms with E-state index < -0.39 is 0 Å². The SMILES string of the molecule is CC1CC(C)CC(NC(CC(C)(C)C)c2ccccc2)C1. The van der Waals surface area contributed by atoms with Crippen molar-refractivity contribution in [1.82, 2.24) is 5.32 Å². The summed E-state index contributed by atoms with van der Waals surface area (Å²) in [6.07, 6.45) is 5.25. The summed E-state index contributed by atoms with van der Waals surface area (Å²) in [5.74, 6) is 1.72. The molecule has 21 heavy (non-hydrogen) atoms. The van der Waals surface area contributed by atoms with Crippen molar-refractivity contribution in [2.45, 2.75) is 72.4 Å². The zero-order chi connectivity index (χ0) is 15.5. The minimum Gasteiger partial charge on any atom is -0.307 e. The molecule has 0 radical (unpaired) electrons. The van der Waals surface area contributed by atoms with Gasteiger partial charge in [-0.05, 0) is 48.5 Å². The summed E-state index contributed by atoms with van der Waals surface area (Å²) in [6, 6.07) is 12.2. The van der Waals surface area contributed by atoms with E-state index in [1.54, 1.807) is 0 Å². The van der Waals surface area contributed by atoms with Gasteiger partial charge < -0.3 is 5.32 Å². The molecule has 3 atom stereocenters. The van der Waals surface area contributed by atoms with Crippen LogP contribution in [0.3, 0.4) is 0 Å². The molecule has 0 aromatic heterocycles. The van der Waals surface area contributed by atoms with Gasteiger partial charge in [0.2, 0.25) is 0 Å². The fourth-order valence-corrected chi connectivity index (χ4v) is 3.94. The zero-order valence-corrected chi connectivity index (χ0v) is 14.5. The maximum Gasteiger partial charge on any atom is 0.0327 e. The summed E-state index contributed by atoms with van der Waals surface area (Å²) in [5.41, 5.74) is 1.79. The fraction of sp³-hybridized carbons (Fsp3) is 0.700. The van der Waals surface area contributed by atoms with E-state index in [4.69, 9.17) is 0 Å². The molecule has 1 saturated carbocycles. The molecule has 1 heteroatoms. The van der Waals surface area contributed by atoms with Crippen LogP contribution in [0.25, 0.3) is 0 Å². The van der Waals surface area contributed by atoms with Crippen LogP contribution in [-0.2, 0) is 0 Å². The van der Waals surface area contributed by atoms with E-state index >= 15 is 0 Å². The van der Waals surface area contributed by atoms with Crippen LogP contribution in [-0.4, -0.2) is 6.04 Å². The van der Waals surface area contributed by atoms with E-state index in [-0.39, 0.29) is 0 Å². The quantitative estimate of drug-likeness (QED) is 0.762. The first kappa shape index (κ1) is 16.5. The van der Waals surface area contributed by atoms with E-state index in [0.717, 1.165) is 11.8 Å². The second-order valence-electron chi connectivity index (χ2n) is 8.51. The van der Waals surface area contributed by atoms with E-state index in [1.807, 2.05) is 0 Å². The van der Waals surface area contributed by atoms with Gasteiger partial charge in [0.1, 0.15) is 0 Å². The Morgan fingerprint density at radius 1 is 1.00 bits per heavy atom. The Hall–Kier alpha value is -0.820. The number of benzene rings is 1. The normalized spacial score (nSPS) is 28.3. The van der Waals surface area contributed by atoms with Crippen LogP contribution >= 0.6 is 0 Å². The first-order valence-electron chi connectivity index (χ1n) is 8.64. The molecule has 0 saturated heterocycles. The second kappa shape index (κ2) is 6.96. The van der Waals surface area contributed by atoms with Crippen LogP contribution in [0.1, 0.15) is 71.9 Å². The largest absolute Gasteiger partial charge is 0.307 e. The zero-order valence-electron chi connectivity index (χ0n) is 14.5. The molecule has 118 valence electrons. The number of hydrogen-bond acceptors (Lipinski definition) is 1. The minimum absolute atomic E-state index is 0.347. The number of hydrogen-bond donors (Lipinski definition) is 1. The lowest BCUT2D eigenvalue weighted by molar-refractivity contribution is 0.206. The lowest BCUT2D eigenvalue weighted by Gasteiger charge is -2.36. The molecular formula is C20H33N. The highest BCUT2D eigenvalue weighted by molar-refractivity contribution is 5.19. The molecule has 1 N–H and O–H groups in total. The predicted molar refractivity (Wildman–Crippen MR) is 92.4 cm³/mol. The molecule has 3 unspecified atom stereocenters. The molecule has 0 heterocycles. The Morgan fingerprint density at radius 3 is 2.10 bits per heavy atom. The van der Waals surface area contributed by atoms with Gasteiger partial charge in [-0.3, -0.25) is 0 Å². The summed E-state index contributed by atoms with van der Waals surface area (Å²) >= 11 is 0. The molecule has 1 aromatic rings. The van der Waals surface area contributed by atoms with Crippen LogP contribution < -0.4 is 5.32 Å². The Kier molecular flexibility index (Phi) is 5.48. The molecule has 0 spiro atoms. The van der Waals surface area contributed by atoms with Gasteiger partial charge in [-0.15, -0.1) is 0 Å². The Balaban J connectivity index is 2.09. The average Bonchev–Trinajstić information content (AvgIpc) is 2.36. The van der Waals surface area contributed by atoms with Gasteiger partial charge in [0.05, 0.1) is 0 Å². The molecule has 0 aliphatic heterocycles. The first-order valence-corrected chi connectivity index (χ1v) is 8.64. The Morgan fingerprint density at radius 2 is 1.57 bits per heavy atom. The van der Waals surface area contributed by atoms with Crippen molar-refractivity contribution >= 4 is 0 Å². The van der Waals surface area contributed by atoms with Crippen LogP contribution in [0.15, 0.2) is 30.3 Å². The third-order valence-corrected chi connectivity index (χ3v) is 4.63. The molecular weight excluding hydrogens is 254 g/mol. The highest BCUT2D eigenvalue weighted by atomic mass is 15.0. The number of nitrogens with one attached hydrogen (secondary N) is 1. The van der Waals surface area contributed by atoms with Crippen LogP contribution in [0, 0.1) is 17.3 Å². The van der Waals surface area contributed by atoms with Crippen molar-refractivity contribution in [2.24, 2.45) is 17.3 Å². The van der Waals surface area contributed by atoms with Crippen molar-refractivity contribution in [2.75, 3.05) is 0 Å². The van der Waals surface area contributed by atoms with Crippen molar-refractivity contribution in [1.29, 1.82) is 0 Å². The van der Waals surface area contributed by atoms with Gasteiger partial charge in [0, 0.05) is 12.1 Å². The highest BCUT2D eigenvalue weighted by Gasteiger charge is 2.28. The van der Waals surface area contributed by atoms with Crippen LogP contribution in [0.2, 0.25) is 0 Å². The lowest BCUT2D eigenvalue weighted by atomic mass is 9.79. The van der Waals surface area contributed by atoms with E-state index in [0.29, 0.717) is 17.5 Å². The third kappa shape index (κ3) is 5.47. The Labute approximate surface area is 131 Å². The summed E-state index contributed by atoms with van der Waals surface area (Å²) in [5, 5.41) is 3.99. The van der Waals surface area contributed by atoms with Crippen molar-refractivity contribution in [3.05, 3.63) is 35.9 Å². The van der Waals surface area contributed by atoms with E-state index in [9.17, 15) is 0 Å². The third-order valence-electron chi connectivity index (χ3n) is 4.63. The minimum atomic E-state index is 0.347. The molecule has 1 aliphatic carbocycles. The van der Waals surface area contributed by atoms with Crippen molar-refractivity contribution in [3.63, 3.8) is 0 Å². The lowest BCUT2D eigenvalue weighted by Crippen LogP contribution is -2.39. The molecule has 1 aromatic carbocycles.